The highest BCUT2D eigenvalue weighted by atomic mass is 35.5. The Bertz CT molecular complexity index is 968. The molecule has 0 saturated carbocycles. The van der Waals surface area contributed by atoms with Crippen molar-refractivity contribution in [2.45, 2.75) is 6.42 Å². The second-order valence-corrected chi connectivity index (χ2v) is 7.26. The van der Waals surface area contributed by atoms with Crippen LogP contribution in [0.2, 0.25) is 20.1 Å². The summed E-state index contributed by atoms with van der Waals surface area (Å²) < 4.78 is 1.61. The van der Waals surface area contributed by atoms with E-state index in [-0.39, 0.29) is 6.42 Å². The maximum absolute atomic E-state index is 11.4. The van der Waals surface area contributed by atoms with E-state index in [1.165, 1.54) is 0 Å². The first-order valence-electron chi connectivity index (χ1n) is 7.03. The number of carbonyl (C=O) groups is 1. The molecule has 0 N–H and O–H groups in total. The second-order valence-electron chi connectivity index (χ2n) is 5.21. The lowest BCUT2D eigenvalue weighted by atomic mass is 10.1. The largest absolute Gasteiger partial charge is 0.281 e. The molecule has 2 aromatic carbocycles. The topological polar surface area (TPSA) is 34.9 Å². The van der Waals surface area contributed by atoms with Gasteiger partial charge in [-0.15, -0.1) is 0 Å². The number of rotatable bonds is 4. The molecule has 3 nitrogen and oxygen atoms in total. The van der Waals surface area contributed by atoms with Gasteiger partial charge in [-0.1, -0.05) is 52.5 Å². The highest BCUT2D eigenvalue weighted by Gasteiger charge is 2.16. The summed E-state index contributed by atoms with van der Waals surface area (Å²) in [6, 6.07) is 10.3. The standard InChI is InChI=1S/C17H9Cl5N2O/c18-12-3-1-9(5-14(12)20)17-10(6-16(22)25)8-24(23-17)11-2-4-13(19)15(21)7-11/h1-5,7-8H,6H2. The Morgan fingerprint density at radius 2 is 1.56 bits per heavy atom. The molecular weight excluding hydrogens is 425 g/mol. The molecular formula is C17H9Cl5N2O. The Kier molecular flexibility index (Phi) is 5.62. The predicted molar refractivity (Wildman–Crippen MR) is 104 cm³/mol. The average Bonchev–Trinajstić information content (AvgIpc) is 2.95. The summed E-state index contributed by atoms with van der Waals surface area (Å²) in [7, 11) is 0. The Balaban J connectivity index is 2.13. The second kappa shape index (κ2) is 7.56. The predicted octanol–water partition coefficient (Wildman–Crippen LogP) is 6.46. The molecule has 0 aliphatic heterocycles. The minimum atomic E-state index is -0.491. The van der Waals surface area contributed by atoms with Crippen LogP contribution in [0.4, 0.5) is 0 Å². The molecule has 8 heteroatoms. The van der Waals surface area contributed by atoms with Crippen LogP contribution in [0.5, 0.6) is 0 Å². The fourth-order valence-corrected chi connectivity index (χ4v) is 3.07. The molecule has 0 aliphatic carbocycles. The summed E-state index contributed by atoms with van der Waals surface area (Å²) in [4.78, 5) is 11.4. The first-order chi connectivity index (χ1) is 11.8. The number of aromatic nitrogens is 2. The van der Waals surface area contributed by atoms with Crippen LogP contribution in [0, 0.1) is 0 Å². The van der Waals surface area contributed by atoms with Gasteiger partial charge in [0.1, 0.15) is 0 Å². The molecule has 0 radical (unpaired) electrons. The van der Waals surface area contributed by atoms with E-state index in [1.54, 1.807) is 47.3 Å². The van der Waals surface area contributed by atoms with E-state index in [1.807, 2.05) is 0 Å². The molecule has 25 heavy (non-hydrogen) atoms. The molecule has 0 amide bonds. The minimum absolute atomic E-state index is 0.0262. The van der Waals surface area contributed by atoms with E-state index in [2.05, 4.69) is 5.10 Å². The Hall–Kier alpha value is -1.23. The molecule has 0 fully saturated rings. The van der Waals surface area contributed by atoms with Crippen LogP contribution >= 0.6 is 58.0 Å². The molecule has 0 saturated heterocycles. The van der Waals surface area contributed by atoms with Crippen molar-refractivity contribution in [3.8, 4) is 16.9 Å². The van der Waals surface area contributed by atoms with Gasteiger partial charge in [-0.25, -0.2) is 4.68 Å². The minimum Gasteiger partial charge on any atom is -0.281 e. The Morgan fingerprint density at radius 1 is 0.920 bits per heavy atom. The highest BCUT2D eigenvalue weighted by molar-refractivity contribution is 6.63. The van der Waals surface area contributed by atoms with E-state index in [4.69, 9.17) is 58.0 Å². The molecule has 0 spiro atoms. The van der Waals surface area contributed by atoms with Crippen molar-refractivity contribution < 1.29 is 4.79 Å². The average molecular weight is 435 g/mol. The molecule has 0 unspecified atom stereocenters. The summed E-state index contributed by atoms with van der Waals surface area (Å²) in [5, 5.41) is 5.73. The van der Waals surface area contributed by atoms with E-state index >= 15 is 0 Å². The van der Waals surface area contributed by atoms with Gasteiger partial charge in [-0.05, 0) is 41.9 Å². The van der Waals surface area contributed by atoms with Gasteiger partial charge in [0.25, 0.3) is 0 Å². The van der Waals surface area contributed by atoms with Crippen molar-refractivity contribution in [1.82, 2.24) is 9.78 Å². The number of hydrogen-bond donors (Lipinski definition) is 0. The van der Waals surface area contributed by atoms with Gasteiger partial charge in [0.05, 0.1) is 37.9 Å². The van der Waals surface area contributed by atoms with Crippen LogP contribution in [0.3, 0.4) is 0 Å². The molecule has 3 rings (SSSR count). The lowest BCUT2D eigenvalue weighted by Crippen LogP contribution is -1.94. The van der Waals surface area contributed by atoms with Gasteiger partial charge in [0.15, 0.2) is 0 Å². The van der Waals surface area contributed by atoms with Gasteiger partial charge >= 0.3 is 0 Å². The van der Waals surface area contributed by atoms with Crippen LogP contribution < -0.4 is 0 Å². The maximum Gasteiger partial charge on any atom is 0.226 e. The normalized spacial score (nSPS) is 10.9. The van der Waals surface area contributed by atoms with Crippen LogP contribution in [-0.2, 0) is 11.2 Å². The van der Waals surface area contributed by atoms with Gasteiger partial charge < -0.3 is 0 Å². The van der Waals surface area contributed by atoms with E-state index in [0.717, 1.165) is 5.56 Å². The van der Waals surface area contributed by atoms with Gasteiger partial charge in [0.2, 0.25) is 5.24 Å². The van der Waals surface area contributed by atoms with E-state index in [9.17, 15) is 4.79 Å². The number of hydrogen-bond acceptors (Lipinski definition) is 2. The maximum atomic E-state index is 11.4. The molecule has 128 valence electrons. The van der Waals surface area contributed by atoms with Gasteiger partial charge in [-0.3, -0.25) is 4.79 Å². The molecule has 1 aromatic heterocycles. The summed E-state index contributed by atoms with van der Waals surface area (Å²) in [5.74, 6) is 0. The fraction of sp³-hybridized carbons (Fsp3) is 0.0588. The molecule has 0 aliphatic rings. The molecule has 1 heterocycles. The molecule has 3 aromatic rings. The van der Waals surface area contributed by atoms with Crippen molar-refractivity contribution >= 4 is 63.2 Å². The van der Waals surface area contributed by atoms with E-state index in [0.29, 0.717) is 37.0 Å². The first-order valence-corrected chi connectivity index (χ1v) is 8.92. The van der Waals surface area contributed by atoms with Gasteiger partial charge in [-0.2, -0.15) is 5.10 Å². The molecule has 0 atom stereocenters. The third-order valence-corrected chi connectivity index (χ3v) is 5.09. The quantitative estimate of drug-likeness (QED) is 0.442. The highest BCUT2D eigenvalue weighted by Crippen LogP contribution is 2.31. The van der Waals surface area contributed by atoms with Gasteiger partial charge in [0, 0.05) is 17.3 Å². The summed E-state index contributed by atoms with van der Waals surface area (Å²) in [6.07, 6.45) is 1.75. The zero-order chi connectivity index (χ0) is 18.1. The van der Waals surface area contributed by atoms with Crippen LogP contribution in [0.25, 0.3) is 16.9 Å². The van der Waals surface area contributed by atoms with Crippen molar-refractivity contribution in [2.75, 3.05) is 0 Å². The van der Waals surface area contributed by atoms with Crippen molar-refractivity contribution in [1.29, 1.82) is 0 Å². The SMILES string of the molecule is O=C(Cl)Cc1cn(-c2ccc(Cl)c(Cl)c2)nc1-c1ccc(Cl)c(Cl)c1. The van der Waals surface area contributed by atoms with Crippen LogP contribution in [-0.4, -0.2) is 15.0 Å². The third-order valence-electron chi connectivity index (χ3n) is 3.48. The summed E-state index contributed by atoms with van der Waals surface area (Å²) in [6.45, 7) is 0. The van der Waals surface area contributed by atoms with Crippen molar-refractivity contribution in [3.63, 3.8) is 0 Å². The van der Waals surface area contributed by atoms with Crippen molar-refractivity contribution in [3.05, 3.63) is 68.2 Å². The summed E-state index contributed by atoms with van der Waals surface area (Å²) >= 11 is 29.6. The fourth-order valence-electron chi connectivity index (χ4n) is 2.34. The molecule has 0 bridgehead atoms. The number of carbonyl (C=O) groups excluding carboxylic acids is 1. The zero-order valence-electron chi connectivity index (χ0n) is 12.4. The van der Waals surface area contributed by atoms with Crippen LogP contribution in [0.15, 0.2) is 42.6 Å². The zero-order valence-corrected chi connectivity index (χ0v) is 16.2. The lowest BCUT2D eigenvalue weighted by Gasteiger charge is -2.04. The number of benzene rings is 2. The first kappa shape index (κ1) is 18.6. The monoisotopic (exact) mass is 432 g/mol. The Morgan fingerprint density at radius 3 is 2.16 bits per heavy atom. The number of nitrogens with zero attached hydrogens (tertiary/aromatic N) is 2. The van der Waals surface area contributed by atoms with Crippen LogP contribution in [0.1, 0.15) is 5.56 Å². The van der Waals surface area contributed by atoms with E-state index < -0.39 is 5.24 Å². The summed E-state index contributed by atoms with van der Waals surface area (Å²) in [5.41, 5.74) is 2.66. The lowest BCUT2D eigenvalue weighted by molar-refractivity contribution is -0.111. The smallest absolute Gasteiger partial charge is 0.226 e. The Labute approximate surface area is 169 Å². The number of halogens is 5. The van der Waals surface area contributed by atoms with Crippen molar-refractivity contribution in [2.24, 2.45) is 0 Å². The third kappa shape index (κ3) is 4.13.